The minimum absolute atomic E-state index is 0.202. The molecule has 3 nitrogen and oxygen atoms in total. The van der Waals surface area contributed by atoms with E-state index in [1.165, 1.54) is 0 Å². The van der Waals surface area contributed by atoms with Gasteiger partial charge in [-0.05, 0) is 25.5 Å². The van der Waals surface area contributed by atoms with E-state index in [0.29, 0.717) is 0 Å². The van der Waals surface area contributed by atoms with E-state index in [1.54, 1.807) is 0 Å². The highest BCUT2D eigenvalue weighted by atomic mass is 79.9. The van der Waals surface area contributed by atoms with E-state index in [0.717, 1.165) is 40.1 Å². The van der Waals surface area contributed by atoms with Gasteiger partial charge in [0.05, 0.1) is 5.69 Å². The standard InChI is InChI=1S/C13H15BrN2O/c1-9-13(10-4-6-11(14)7-5-10)16-12(15-9)3-2-8-17/h4-7,17H,2-3,8H2,1H3,(H,15,16). The molecule has 17 heavy (non-hydrogen) atoms. The van der Waals surface area contributed by atoms with Crippen LogP contribution in [0.25, 0.3) is 11.3 Å². The number of imidazole rings is 1. The van der Waals surface area contributed by atoms with Crippen LogP contribution >= 0.6 is 15.9 Å². The fraction of sp³-hybridized carbons (Fsp3) is 0.308. The number of halogens is 1. The number of aryl methyl sites for hydroxylation is 2. The summed E-state index contributed by atoms with van der Waals surface area (Å²) in [7, 11) is 0. The number of nitrogens with zero attached hydrogens (tertiary/aromatic N) is 1. The van der Waals surface area contributed by atoms with E-state index in [-0.39, 0.29) is 6.61 Å². The first-order valence-corrected chi connectivity index (χ1v) is 6.42. The minimum Gasteiger partial charge on any atom is -0.396 e. The molecule has 0 fully saturated rings. The normalized spacial score (nSPS) is 10.8. The van der Waals surface area contributed by atoms with Gasteiger partial charge in [-0.15, -0.1) is 0 Å². The average Bonchev–Trinajstić information content (AvgIpc) is 2.69. The summed E-state index contributed by atoms with van der Waals surface area (Å²) >= 11 is 3.42. The van der Waals surface area contributed by atoms with Crippen LogP contribution in [-0.4, -0.2) is 21.7 Å². The smallest absolute Gasteiger partial charge is 0.107 e. The Bertz CT molecular complexity index is 491. The molecule has 0 spiro atoms. The molecule has 0 unspecified atom stereocenters. The van der Waals surface area contributed by atoms with Crippen molar-refractivity contribution in [1.29, 1.82) is 0 Å². The molecule has 1 aromatic carbocycles. The van der Waals surface area contributed by atoms with Gasteiger partial charge in [-0.2, -0.15) is 0 Å². The molecule has 0 aliphatic heterocycles. The molecule has 1 aromatic heterocycles. The second kappa shape index (κ2) is 5.47. The highest BCUT2D eigenvalue weighted by molar-refractivity contribution is 9.10. The van der Waals surface area contributed by atoms with Gasteiger partial charge in [0.25, 0.3) is 0 Å². The highest BCUT2D eigenvalue weighted by Crippen LogP contribution is 2.23. The van der Waals surface area contributed by atoms with Gasteiger partial charge >= 0.3 is 0 Å². The van der Waals surface area contributed by atoms with Crippen LogP contribution in [0.15, 0.2) is 28.7 Å². The topological polar surface area (TPSA) is 48.9 Å². The van der Waals surface area contributed by atoms with Crippen molar-refractivity contribution >= 4 is 15.9 Å². The maximum absolute atomic E-state index is 8.80. The second-order valence-corrected chi connectivity index (χ2v) is 4.91. The van der Waals surface area contributed by atoms with Gasteiger partial charge in [0.2, 0.25) is 0 Å². The summed E-state index contributed by atoms with van der Waals surface area (Å²) in [6, 6.07) is 8.11. The van der Waals surface area contributed by atoms with Gasteiger partial charge in [-0.3, -0.25) is 0 Å². The molecule has 0 bridgehead atoms. The number of aromatic amines is 1. The van der Waals surface area contributed by atoms with Crippen LogP contribution in [0.2, 0.25) is 0 Å². The van der Waals surface area contributed by atoms with Crippen molar-refractivity contribution < 1.29 is 5.11 Å². The molecule has 2 N–H and O–H groups in total. The van der Waals surface area contributed by atoms with Gasteiger partial charge in [-0.25, -0.2) is 4.98 Å². The molecule has 90 valence electrons. The quantitative estimate of drug-likeness (QED) is 0.910. The maximum atomic E-state index is 8.80. The summed E-state index contributed by atoms with van der Waals surface area (Å²) in [5.41, 5.74) is 3.17. The Morgan fingerprint density at radius 2 is 2.00 bits per heavy atom. The number of aliphatic hydroxyl groups is 1. The van der Waals surface area contributed by atoms with Crippen molar-refractivity contribution in [2.24, 2.45) is 0 Å². The van der Waals surface area contributed by atoms with Gasteiger partial charge in [0, 0.05) is 28.8 Å². The molecule has 0 aliphatic carbocycles. The lowest BCUT2D eigenvalue weighted by Crippen LogP contribution is -1.91. The Morgan fingerprint density at radius 3 is 2.65 bits per heavy atom. The summed E-state index contributed by atoms with van der Waals surface area (Å²) < 4.78 is 1.06. The van der Waals surface area contributed by atoms with E-state index in [2.05, 4.69) is 25.9 Å². The molecular formula is C13H15BrN2O. The lowest BCUT2D eigenvalue weighted by Gasteiger charge is -1.98. The van der Waals surface area contributed by atoms with Crippen LogP contribution in [-0.2, 0) is 6.42 Å². The number of hydrogen-bond donors (Lipinski definition) is 2. The molecule has 2 rings (SSSR count). The van der Waals surface area contributed by atoms with Crippen molar-refractivity contribution in [2.75, 3.05) is 6.61 Å². The zero-order chi connectivity index (χ0) is 12.3. The number of benzene rings is 1. The van der Waals surface area contributed by atoms with Crippen LogP contribution in [0.5, 0.6) is 0 Å². The van der Waals surface area contributed by atoms with E-state index in [1.807, 2.05) is 31.2 Å². The number of aromatic nitrogens is 2. The molecule has 1 heterocycles. The number of nitrogens with one attached hydrogen (secondary N) is 1. The summed E-state index contributed by atoms with van der Waals surface area (Å²) in [4.78, 5) is 7.82. The number of rotatable bonds is 4. The van der Waals surface area contributed by atoms with E-state index >= 15 is 0 Å². The van der Waals surface area contributed by atoms with Crippen molar-refractivity contribution in [1.82, 2.24) is 9.97 Å². The molecule has 2 aromatic rings. The summed E-state index contributed by atoms with van der Waals surface area (Å²) in [5.74, 6) is 0.939. The van der Waals surface area contributed by atoms with Crippen molar-refractivity contribution in [3.8, 4) is 11.3 Å². The summed E-state index contributed by atoms with van der Waals surface area (Å²) in [6.07, 6.45) is 1.53. The molecule has 0 aliphatic rings. The van der Waals surface area contributed by atoms with E-state index in [4.69, 9.17) is 5.11 Å². The molecular weight excluding hydrogens is 280 g/mol. The third-order valence-corrected chi connectivity index (χ3v) is 3.15. The van der Waals surface area contributed by atoms with Crippen LogP contribution in [0.3, 0.4) is 0 Å². The van der Waals surface area contributed by atoms with Crippen molar-refractivity contribution in [3.05, 3.63) is 40.3 Å². The lowest BCUT2D eigenvalue weighted by molar-refractivity contribution is 0.287. The number of H-pyrrole nitrogens is 1. The van der Waals surface area contributed by atoms with E-state index < -0.39 is 0 Å². The number of hydrogen-bond acceptors (Lipinski definition) is 2. The molecule has 0 atom stereocenters. The molecule has 0 radical (unpaired) electrons. The van der Waals surface area contributed by atoms with Gasteiger partial charge in [-0.1, -0.05) is 28.1 Å². The summed E-state index contributed by atoms with van der Waals surface area (Å²) in [6.45, 7) is 2.22. The first kappa shape index (κ1) is 12.3. The average molecular weight is 295 g/mol. The Balaban J connectivity index is 2.26. The van der Waals surface area contributed by atoms with Crippen LogP contribution in [0.1, 0.15) is 17.9 Å². The van der Waals surface area contributed by atoms with Crippen LogP contribution < -0.4 is 0 Å². The van der Waals surface area contributed by atoms with Crippen molar-refractivity contribution in [3.63, 3.8) is 0 Å². The monoisotopic (exact) mass is 294 g/mol. The van der Waals surface area contributed by atoms with Crippen LogP contribution in [0.4, 0.5) is 0 Å². The fourth-order valence-corrected chi connectivity index (χ4v) is 2.04. The largest absolute Gasteiger partial charge is 0.396 e. The zero-order valence-corrected chi connectivity index (χ0v) is 11.3. The van der Waals surface area contributed by atoms with Gasteiger partial charge in [0.1, 0.15) is 5.82 Å². The Hall–Kier alpha value is -1.13. The summed E-state index contributed by atoms with van der Waals surface area (Å²) in [5, 5.41) is 8.80. The lowest BCUT2D eigenvalue weighted by atomic mass is 10.1. The predicted octanol–water partition coefficient (Wildman–Crippen LogP) is 3.07. The molecule has 0 saturated heterocycles. The third-order valence-electron chi connectivity index (χ3n) is 2.62. The van der Waals surface area contributed by atoms with Crippen molar-refractivity contribution in [2.45, 2.75) is 19.8 Å². The SMILES string of the molecule is Cc1[nH]c(CCCO)nc1-c1ccc(Br)cc1. The first-order valence-electron chi connectivity index (χ1n) is 5.63. The van der Waals surface area contributed by atoms with E-state index in [9.17, 15) is 0 Å². The van der Waals surface area contributed by atoms with Crippen LogP contribution in [0, 0.1) is 6.92 Å². The third kappa shape index (κ3) is 2.96. The predicted molar refractivity (Wildman–Crippen MR) is 71.9 cm³/mol. The Labute approximate surface area is 109 Å². The highest BCUT2D eigenvalue weighted by Gasteiger charge is 2.08. The first-order chi connectivity index (χ1) is 8.20. The fourth-order valence-electron chi connectivity index (χ4n) is 1.78. The second-order valence-electron chi connectivity index (χ2n) is 3.99. The molecule has 0 saturated carbocycles. The maximum Gasteiger partial charge on any atom is 0.107 e. The molecule has 0 amide bonds. The zero-order valence-electron chi connectivity index (χ0n) is 9.70. The Kier molecular flexibility index (Phi) is 3.97. The molecule has 4 heteroatoms. The number of aliphatic hydroxyl groups excluding tert-OH is 1. The van der Waals surface area contributed by atoms with Gasteiger partial charge < -0.3 is 10.1 Å². The Morgan fingerprint density at radius 1 is 1.29 bits per heavy atom. The van der Waals surface area contributed by atoms with Gasteiger partial charge in [0.15, 0.2) is 0 Å². The minimum atomic E-state index is 0.202.